The summed E-state index contributed by atoms with van der Waals surface area (Å²) in [4.78, 5) is 12.4. The molecule has 2 N–H and O–H groups in total. The average Bonchev–Trinajstić information content (AvgIpc) is 2.48. The van der Waals surface area contributed by atoms with Gasteiger partial charge >= 0.3 is 0 Å². The zero-order valence-electron chi connectivity index (χ0n) is 11.9. The maximum Gasteiger partial charge on any atom is 0.257 e. The number of anilines is 2. The van der Waals surface area contributed by atoms with E-state index in [1.54, 1.807) is 0 Å². The largest absolute Gasteiger partial charge is 0.385 e. The molecule has 0 saturated heterocycles. The van der Waals surface area contributed by atoms with Gasteiger partial charge in [0.25, 0.3) is 5.91 Å². The number of carbonyl (C=O) groups excluding carboxylic acids is 1. The van der Waals surface area contributed by atoms with Gasteiger partial charge in [0.2, 0.25) is 0 Å². The molecule has 0 aliphatic carbocycles. The first-order valence-electron chi connectivity index (χ1n) is 6.97. The Morgan fingerprint density at radius 1 is 1.05 bits per heavy atom. The quantitative estimate of drug-likeness (QED) is 0.862. The van der Waals surface area contributed by atoms with Crippen molar-refractivity contribution in [3.8, 4) is 0 Å². The van der Waals surface area contributed by atoms with Gasteiger partial charge < -0.3 is 10.6 Å². The van der Waals surface area contributed by atoms with Gasteiger partial charge in [0, 0.05) is 17.9 Å². The Bertz CT molecular complexity index is 593. The van der Waals surface area contributed by atoms with Crippen LogP contribution in [0.2, 0.25) is 0 Å². The maximum atomic E-state index is 12.4. The highest BCUT2D eigenvalue weighted by Crippen LogP contribution is 2.18. The van der Waals surface area contributed by atoms with E-state index in [1.165, 1.54) is 5.56 Å². The van der Waals surface area contributed by atoms with Gasteiger partial charge in [-0.15, -0.1) is 0 Å². The van der Waals surface area contributed by atoms with E-state index in [0.29, 0.717) is 5.56 Å². The van der Waals surface area contributed by atoms with Crippen molar-refractivity contribution < 1.29 is 4.79 Å². The standard InChI is InChI=1S/C17H20N2O/c1-3-13-8-7-9-14(12-13)19-17(20)15-10-5-6-11-16(15)18-4-2/h5-12,18H,3-4H2,1-2H3,(H,19,20). The van der Waals surface area contributed by atoms with Crippen LogP contribution in [0.15, 0.2) is 48.5 Å². The first-order valence-corrected chi connectivity index (χ1v) is 6.97. The lowest BCUT2D eigenvalue weighted by molar-refractivity contribution is 0.102. The molecule has 0 aromatic heterocycles. The highest BCUT2D eigenvalue weighted by atomic mass is 16.1. The second-order valence-electron chi connectivity index (χ2n) is 4.58. The minimum atomic E-state index is -0.0881. The Kier molecular flexibility index (Phi) is 4.77. The maximum absolute atomic E-state index is 12.4. The van der Waals surface area contributed by atoms with Crippen molar-refractivity contribution in [1.82, 2.24) is 0 Å². The summed E-state index contributed by atoms with van der Waals surface area (Å²) >= 11 is 0. The van der Waals surface area contributed by atoms with Crippen molar-refractivity contribution in [3.63, 3.8) is 0 Å². The fraction of sp³-hybridized carbons (Fsp3) is 0.235. The SMILES string of the molecule is CCNc1ccccc1C(=O)Nc1cccc(CC)c1. The van der Waals surface area contributed by atoms with Crippen LogP contribution in [0.1, 0.15) is 29.8 Å². The third-order valence-electron chi connectivity index (χ3n) is 3.13. The van der Waals surface area contributed by atoms with E-state index in [4.69, 9.17) is 0 Å². The zero-order valence-corrected chi connectivity index (χ0v) is 11.9. The van der Waals surface area contributed by atoms with E-state index >= 15 is 0 Å². The molecule has 0 radical (unpaired) electrons. The van der Waals surface area contributed by atoms with Gasteiger partial charge in [-0.3, -0.25) is 4.79 Å². The predicted octanol–water partition coefficient (Wildman–Crippen LogP) is 3.93. The lowest BCUT2D eigenvalue weighted by Crippen LogP contribution is -2.14. The molecule has 0 saturated carbocycles. The van der Waals surface area contributed by atoms with E-state index in [1.807, 2.05) is 49.4 Å². The van der Waals surface area contributed by atoms with Gasteiger partial charge in [-0.1, -0.05) is 31.2 Å². The monoisotopic (exact) mass is 268 g/mol. The molecule has 20 heavy (non-hydrogen) atoms. The molecule has 0 unspecified atom stereocenters. The van der Waals surface area contributed by atoms with Crippen LogP contribution >= 0.6 is 0 Å². The number of hydrogen-bond acceptors (Lipinski definition) is 2. The van der Waals surface area contributed by atoms with Crippen LogP contribution in [0, 0.1) is 0 Å². The van der Waals surface area contributed by atoms with Gasteiger partial charge in [-0.25, -0.2) is 0 Å². The van der Waals surface area contributed by atoms with Crippen LogP contribution in [-0.2, 0) is 6.42 Å². The second kappa shape index (κ2) is 6.75. The van der Waals surface area contributed by atoms with Crippen molar-refractivity contribution in [2.75, 3.05) is 17.2 Å². The number of benzene rings is 2. The molecule has 0 atom stereocenters. The zero-order chi connectivity index (χ0) is 14.4. The van der Waals surface area contributed by atoms with E-state index in [2.05, 4.69) is 23.6 Å². The minimum absolute atomic E-state index is 0.0881. The Hall–Kier alpha value is -2.29. The molecule has 3 nitrogen and oxygen atoms in total. The average molecular weight is 268 g/mol. The topological polar surface area (TPSA) is 41.1 Å². The third-order valence-corrected chi connectivity index (χ3v) is 3.13. The van der Waals surface area contributed by atoms with Gasteiger partial charge in [0.15, 0.2) is 0 Å². The number of amides is 1. The molecule has 2 aromatic carbocycles. The summed E-state index contributed by atoms with van der Waals surface area (Å²) in [5, 5.41) is 6.16. The number of aryl methyl sites for hydroxylation is 1. The van der Waals surface area contributed by atoms with Crippen molar-refractivity contribution in [3.05, 3.63) is 59.7 Å². The van der Waals surface area contributed by atoms with Crippen molar-refractivity contribution in [1.29, 1.82) is 0 Å². The molecule has 3 heteroatoms. The molecule has 0 spiro atoms. The first kappa shape index (κ1) is 14.1. The van der Waals surface area contributed by atoms with Crippen molar-refractivity contribution in [2.24, 2.45) is 0 Å². The molecule has 0 bridgehead atoms. The summed E-state index contributed by atoms with van der Waals surface area (Å²) in [5.74, 6) is -0.0881. The second-order valence-corrected chi connectivity index (χ2v) is 4.58. The molecule has 104 valence electrons. The van der Waals surface area contributed by atoms with Gasteiger partial charge in [-0.05, 0) is 43.2 Å². The van der Waals surface area contributed by atoms with E-state index in [0.717, 1.165) is 24.3 Å². The molecule has 2 rings (SSSR count). The summed E-state index contributed by atoms with van der Waals surface area (Å²) in [6.45, 7) is 4.90. The van der Waals surface area contributed by atoms with Gasteiger partial charge in [-0.2, -0.15) is 0 Å². The highest BCUT2D eigenvalue weighted by molar-refractivity contribution is 6.08. The minimum Gasteiger partial charge on any atom is -0.385 e. The molecular weight excluding hydrogens is 248 g/mol. The summed E-state index contributed by atoms with van der Waals surface area (Å²) in [5.41, 5.74) is 3.57. The van der Waals surface area contributed by atoms with Crippen LogP contribution in [0.3, 0.4) is 0 Å². The molecule has 0 fully saturated rings. The number of carbonyl (C=O) groups is 1. The fourth-order valence-corrected chi connectivity index (χ4v) is 2.09. The predicted molar refractivity (Wildman–Crippen MR) is 84.4 cm³/mol. The molecule has 2 aromatic rings. The summed E-state index contributed by atoms with van der Waals surface area (Å²) < 4.78 is 0. The van der Waals surface area contributed by atoms with Crippen LogP contribution in [-0.4, -0.2) is 12.5 Å². The van der Waals surface area contributed by atoms with Crippen molar-refractivity contribution in [2.45, 2.75) is 20.3 Å². The normalized spacial score (nSPS) is 10.1. The van der Waals surface area contributed by atoms with Gasteiger partial charge in [0.05, 0.1) is 5.56 Å². The number of rotatable bonds is 5. The summed E-state index contributed by atoms with van der Waals surface area (Å²) in [6.07, 6.45) is 0.956. The molecule has 0 aliphatic rings. The van der Waals surface area contributed by atoms with Crippen LogP contribution in [0.25, 0.3) is 0 Å². The lowest BCUT2D eigenvalue weighted by atomic mass is 10.1. The van der Waals surface area contributed by atoms with Gasteiger partial charge in [0.1, 0.15) is 0 Å². The Morgan fingerprint density at radius 2 is 1.85 bits per heavy atom. The van der Waals surface area contributed by atoms with Crippen LogP contribution < -0.4 is 10.6 Å². The molecule has 0 aliphatic heterocycles. The number of nitrogens with one attached hydrogen (secondary N) is 2. The third kappa shape index (κ3) is 3.38. The number of para-hydroxylation sites is 1. The highest BCUT2D eigenvalue weighted by Gasteiger charge is 2.10. The number of hydrogen-bond donors (Lipinski definition) is 2. The van der Waals surface area contributed by atoms with Crippen LogP contribution in [0.4, 0.5) is 11.4 Å². The van der Waals surface area contributed by atoms with E-state index < -0.39 is 0 Å². The van der Waals surface area contributed by atoms with Crippen molar-refractivity contribution >= 4 is 17.3 Å². The Balaban J connectivity index is 2.19. The molecular formula is C17H20N2O. The van der Waals surface area contributed by atoms with Crippen LogP contribution in [0.5, 0.6) is 0 Å². The summed E-state index contributed by atoms with van der Waals surface area (Å²) in [7, 11) is 0. The first-order chi connectivity index (χ1) is 9.74. The van der Waals surface area contributed by atoms with E-state index in [-0.39, 0.29) is 5.91 Å². The molecule has 1 amide bonds. The smallest absolute Gasteiger partial charge is 0.257 e. The molecule has 0 heterocycles. The summed E-state index contributed by atoms with van der Waals surface area (Å²) in [6, 6.07) is 15.5. The Morgan fingerprint density at radius 3 is 2.60 bits per heavy atom. The Labute approximate surface area is 120 Å². The van der Waals surface area contributed by atoms with E-state index in [9.17, 15) is 4.79 Å². The fourth-order valence-electron chi connectivity index (χ4n) is 2.09. The lowest BCUT2D eigenvalue weighted by Gasteiger charge is -2.11.